The Morgan fingerprint density at radius 2 is 1.69 bits per heavy atom. The molecule has 2 N–H and O–H groups in total. The fourth-order valence-electron chi connectivity index (χ4n) is 5.27. The van der Waals surface area contributed by atoms with Gasteiger partial charge < -0.3 is 15.0 Å². The highest BCUT2D eigenvalue weighted by Gasteiger charge is 2.24. The van der Waals surface area contributed by atoms with Crippen molar-refractivity contribution in [3.05, 3.63) is 125 Å². The average Bonchev–Trinajstić information content (AvgIpc) is 3.04. The topological polar surface area (TPSA) is 100 Å². The number of nitrogens with zero attached hydrogens (tertiary/aromatic N) is 3. The molecule has 0 saturated carbocycles. The molecule has 45 heavy (non-hydrogen) atoms. The minimum atomic E-state index is -0.381. The van der Waals surface area contributed by atoms with Gasteiger partial charge in [0.15, 0.2) is 0 Å². The number of carbonyl (C=O) groups excluding carboxylic acids is 1. The maximum absolute atomic E-state index is 14.0. The van der Waals surface area contributed by atoms with Gasteiger partial charge in [0.05, 0.1) is 0 Å². The molecule has 5 rings (SSSR count). The number of fused-ring (bicyclic) bond motifs is 1. The Kier molecular flexibility index (Phi) is 9.73. The van der Waals surface area contributed by atoms with Crippen molar-refractivity contribution in [3.63, 3.8) is 0 Å². The van der Waals surface area contributed by atoms with Crippen molar-refractivity contribution in [2.24, 2.45) is 0 Å². The molecule has 5 aromatic rings. The third kappa shape index (κ3) is 7.29. The number of H-pyrrole nitrogens is 1. The Morgan fingerprint density at radius 1 is 0.956 bits per heavy atom. The Labute approximate surface area is 263 Å². The summed E-state index contributed by atoms with van der Waals surface area (Å²) >= 11 is 0. The first-order valence-corrected chi connectivity index (χ1v) is 15.2. The quantitative estimate of drug-likeness (QED) is 0.148. The molecular formula is C37H39N5O3. The van der Waals surface area contributed by atoms with E-state index in [-0.39, 0.29) is 29.1 Å². The van der Waals surface area contributed by atoms with E-state index in [9.17, 15) is 9.59 Å². The van der Waals surface area contributed by atoms with Crippen LogP contribution in [0.1, 0.15) is 62.6 Å². The molecule has 0 aliphatic rings. The Balaban J connectivity index is 1.50. The number of urea groups is 1. The van der Waals surface area contributed by atoms with Crippen LogP contribution < -0.4 is 20.5 Å². The molecule has 2 amide bonds. The summed E-state index contributed by atoms with van der Waals surface area (Å²) in [7, 11) is 0. The van der Waals surface area contributed by atoms with E-state index in [1.54, 1.807) is 36.8 Å². The van der Waals surface area contributed by atoms with Crippen LogP contribution in [0.15, 0.2) is 103 Å². The van der Waals surface area contributed by atoms with Crippen molar-refractivity contribution in [2.75, 3.05) is 16.8 Å². The number of aromatic amines is 1. The summed E-state index contributed by atoms with van der Waals surface area (Å²) < 4.78 is 6.09. The smallest absolute Gasteiger partial charge is 0.326 e. The molecule has 0 aliphatic heterocycles. The number of amides is 2. The van der Waals surface area contributed by atoms with Gasteiger partial charge in [0.25, 0.3) is 5.56 Å². The molecule has 3 heterocycles. The zero-order valence-electron chi connectivity index (χ0n) is 26.2. The standard InChI is InChI=1S/C37H39N5O3/c1-6-7-18-42(33-22-28-11-9-15-39-35(28)41-36(33)43)37(44)40-34-31(24(2)3)20-29(21-32(34)25(4)5)27-10-8-12-30(19-27)45-23-26-13-16-38-17-14-26/h6,8-17,19-22,24-25H,1,7,18,23H2,2-5H3,(H,40,44)(H,39,41,43). The number of hydrogen-bond donors (Lipinski definition) is 2. The van der Waals surface area contributed by atoms with Crippen LogP contribution in [0.4, 0.5) is 16.2 Å². The lowest BCUT2D eigenvalue weighted by Gasteiger charge is -2.26. The zero-order valence-corrected chi connectivity index (χ0v) is 26.2. The van der Waals surface area contributed by atoms with Crippen LogP contribution in [0.3, 0.4) is 0 Å². The number of aromatic nitrogens is 3. The van der Waals surface area contributed by atoms with Crippen molar-refractivity contribution in [2.45, 2.75) is 52.6 Å². The number of ether oxygens (including phenoxy) is 1. The van der Waals surface area contributed by atoms with Crippen molar-refractivity contribution >= 4 is 28.4 Å². The first kappa shape index (κ1) is 31.2. The van der Waals surface area contributed by atoms with Gasteiger partial charge in [-0.25, -0.2) is 9.78 Å². The second-order valence-corrected chi connectivity index (χ2v) is 11.6. The molecule has 0 bridgehead atoms. The first-order valence-electron chi connectivity index (χ1n) is 15.2. The van der Waals surface area contributed by atoms with Crippen molar-refractivity contribution in [3.8, 4) is 16.9 Å². The normalized spacial score (nSPS) is 11.2. The van der Waals surface area contributed by atoms with E-state index in [1.165, 1.54) is 4.90 Å². The van der Waals surface area contributed by atoms with Gasteiger partial charge in [-0.3, -0.25) is 14.7 Å². The number of rotatable bonds is 11. The summed E-state index contributed by atoms with van der Waals surface area (Å²) in [6, 6.07) is 21.2. The Hall–Kier alpha value is -5.24. The van der Waals surface area contributed by atoms with Gasteiger partial charge in [0, 0.05) is 36.2 Å². The number of hydrogen-bond acceptors (Lipinski definition) is 5. The fourth-order valence-corrected chi connectivity index (χ4v) is 5.27. The number of pyridine rings is 3. The van der Waals surface area contributed by atoms with E-state index in [4.69, 9.17) is 4.74 Å². The van der Waals surface area contributed by atoms with Gasteiger partial charge in [-0.2, -0.15) is 0 Å². The SMILES string of the molecule is C=CCCN(C(=O)Nc1c(C(C)C)cc(-c2cccc(OCc3ccncc3)c2)cc1C(C)C)c1cc2cccnc2[nH]c1=O. The van der Waals surface area contributed by atoms with Gasteiger partial charge in [-0.15, -0.1) is 6.58 Å². The molecule has 0 saturated heterocycles. The molecule has 8 nitrogen and oxygen atoms in total. The van der Waals surface area contributed by atoms with Crippen LogP contribution in [-0.4, -0.2) is 27.5 Å². The molecule has 2 aromatic carbocycles. The summed E-state index contributed by atoms with van der Waals surface area (Å²) in [5, 5.41) is 3.95. The summed E-state index contributed by atoms with van der Waals surface area (Å²) in [5.74, 6) is 0.994. The molecule has 0 unspecified atom stereocenters. The van der Waals surface area contributed by atoms with Crippen LogP contribution >= 0.6 is 0 Å². The molecule has 0 spiro atoms. The number of carbonyl (C=O) groups is 1. The zero-order chi connectivity index (χ0) is 31.9. The largest absolute Gasteiger partial charge is 0.489 e. The van der Waals surface area contributed by atoms with E-state index < -0.39 is 0 Å². The molecule has 3 aromatic heterocycles. The van der Waals surface area contributed by atoms with Crippen LogP contribution in [0, 0.1) is 0 Å². The second-order valence-electron chi connectivity index (χ2n) is 11.6. The minimum Gasteiger partial charge on any atom is -0.489 e. The second kappa shape index (κ2) is 14.0. The molecule has 230 valence electrons. The summed E-state index contributed by atoms with van der Waals surface area (Å²) in [4.78, 5) is 39.8. The lowest BCUT2D eigenvalue weighted by Crippen LogP contribution is -2.39. The minimum absolute atomic E-state index is 0.112. The summed E-state index contributed by atoms with van der Waals surface area (Å²) in [6.45, 7) is 13.0. The molecule has 0 fully saturated rings. The van der Waals surface area contributed by atoms with Crippen LogP contribution in [0.2, 0.25) is 0 Å². The lowest BCUT2D eigenvalue weighted by molar-refractivity contribution is 0.257. The molecule has 0 aliphatic carbocycles. The Morgan fingerprint density at radius 3 is 2.38 bits per heavy atom. The molecule has 0 radical (unpaired) electrons. The third-order valence-corrected chi connectivity index (χ3v) is 7.69. The predicted octanol–water partition coefficient (Wildman–Crippen LogP) is 8.43. The maximum Gasteiger partial charge on any atom is 0.326 e. The van der Waals surface area contributed by atoms with E-state index in [0.717, 1.165) is 44.6 Å². The van der Waals surface area contributed by atoms with E-state index in [0.29, 0.717) is 25.2 Å². The first-order chi connectivity index (χ1) is 21.7. The summed E-state index contributed by atoms with van der Waals surface area (Å²) in [5.41, 5.74) is 6.24. The maximum atomic E-state index is 14.0. The average molecular weight is 602 g/mol. The summed E-state index contributed by atoms with van der Waals surface area (Å²) in [6.07, 6.45) is 7.39. The lowest BCUT2D eigenvalue weighted by atomic mass is 9.88. The van der Waals surface area contributed by atoms with Crippen molar-refractivity contribution < 1.29 is 9.53 Å². The van der Waals surface area contributed by atoms with Crippen LogP contribution in [-0.2, 0) is 6.61 Å². The highest BCUT2D eigenvalue weighted by atomic mass is 16.5. The van der Waals surface area contributed by atoms with Gasteiger partial charge >= 0.3 is 6.03 Å². The number of nitrogens with one attached hydrogen (secondary N) is 2. The predicted molar refractivity (Wildman–Crippen MR) is 182 cm³/mol. The highest BCUT2D eigenvalue weighted by Crippen LogP contribution is 2.38. The van der Waals surface area contributed by atoms with Crippen molar-refractivity contribution in [1.29, 1.82) is 0 Å². The Bertz CT molecular complexity index is 1830. The van der Waals surface area contributed by atoms with Crippen LogP contribution in [0.25, 0.3) is 22.2 Å². The van der Waals surface area contributed by atoms with Gasteiger partial charge in [0.2, 0.25) is 0 Å². The van der Waals surface area contributed by atoms with Crippen molar-refractivity contribution in [1.82, 2.24) is 15.0 Å². The third-order valence-electron chi connectivity index (χ3n) is 7.69. The van der Waals surface area contributed by atoms with Gasteiger partial charge in [-0.1, -0.05) is 45.9 Å². The fraction of sp³-hybridized carbons (Fsp3) is 0.243. The van der Waals surface area contributed by atoms with E-state index in [1.807, 2.05) is 36.4 Å². The van der Waals surface area contributed by atoms with Gasteiger partial charge in [-0.05, 0) is 101 Å². The van der Waals surface area contributed by atoms with Crippen LogP contribution in [0.5, 0.6) is 5.75 Å². The van der Waals surface area contributed by atoms with E-state index in [2.05, 4.69) is 72.7 Å². The highest BCUT2D eigenvalue weighted by molar-refractivity contribution is 6.03. The number of anilines is 2. The van der Waals surface area contributed by atoms with Gasteiger partial charge in [0.1, 0.15) is 23.7 Å². The number of benzene rings is 2. The molecule has 0 atom stereocenters. The monoisotopic (exact) mass is 601 g/mol. The molecule has 8 heteroatoms. The molecular weight excluding hydrogens is 562 g/mol. The van der Waals surface area contributed by atoms with E-state index >= 15 is 0 Å².